The second-order valence-electron chi connectivity index (χ2n) is 4.08. The molecule has 0 amide bonds. The molecule has 2 rings (SSSR count). The lowest BCUT2D eigenvalue weighted by molar-refractivity contribution is 0.292. The van der Waals surface area contributed by atoms with Crippen molar-refractivity contribution in [3.05, 3.63) is 0 Å². The van der Waals surface area contributed by atoms with Gasteiger partial charge in [0.2, 0.25) is 11.9 Å². The minimum atomic E-state index is 0.317. The molecule has 1 aliphatic rings. The first-order chi connectivity index (χ1) is 8.24. The van der Waals surface area contributed by atoms with Gasteiger partial charge in [-0.05, 0) is 19.3 Å². The molecule has 7 nitrogen and oxygen atoms in total. The summed E-state index contributed by atoms with van der Waals surface area (Å²) in [5.41, 5.74) is 2.43. The quantitative estimate of drug-likeness (QED) is 0.552. The van der Waals surface area contributed by atoms with E-state index in [4.69, 9.17) is 10.6 Å². The molecule has 0 saturated heterocycles. The Hall–Kier alpha value is -1.63. The summed E-state index contributed by atoms with van der Waals surface area (Å²) in [4.78, 5) is 14.5. The standard InChI is InChI=1S/C10H18N6O/c1-3-6-17-10-13-8(15-11)12-9(14-10)16(2)7-4-5-7/h7H,3-6,11H2,1-2H3,(H,12,13,14,15). The van der Waals surface area contributed by atoms with Crippen molar-refractivity contribution in [2.45, 2.75) is 32.2 Å². The summed E-state index contributed by atoms with van der Waals surface area (Å²) < 4.78 is 5.40. The summed E-state index contributed by atoms with van der Waals surface area (Å²) in [5, 5.41) is 0. The number of hydrogen-bond acceptors (Lipinski definition) is 7. The van der Waals surface area contributed by atoms with E-state index >= 15 is 0 Å². The van der Waals surface area contributed by atoms with Gasteiger partial charge in [0.1, 0.15) is 0 Å². The molecule has 1 aromatic rings. The van der Waals surface area contributed by atoms with E-state index in [1.54, 1.807) is 0 Å². The van der Waals surface area contributed by atoms with E-state index in [2.05, 4.69) is 20.4 Å². The Balaban J connectivity index is 2.18. The first-order valence-electron chi connectivity index (χ1n) is 5.83. The van der Waals surface area contributed by atoms with Gasteiger partial charge in [-0.1, -0.05) is 6.92 Å². The lowest BCUT2D eigenvalue weighted by Crippen LogP contribution is -2.24. The van der Waals surface area contributed by atoms with Gasteiger partial charge in [-0.15, -0.1) is 0 Å². The van der Waals surface area contributed by atoms with Crippen molar-refractivity contribution in [1.82, 2.24) is 15.0 Å². The maximum absolute atomic E-state index is 5.40. The lowest BCUT2D eigenvalue weighted by Gasteiger charge is -2.17. The van der Waals surface area contributed by atoms with Gasteiger partial charge >= 0.3 is 6.01 Å². The summed E-state index contributed by atoms with van der Waals surface area (Å²) in [7, 11) is 1.97. The molecule has 17 heavy (non-hydrogen) atoms. The van der Waals surface area contributed by atoms with E-state index in [9.17, 15) is 0 Å². The highest BCUT2D eigenvalue weighted by Crippen LogP contribution is 2.28. The zero-order valence-corrected chi connectivity index (χ0v) is 10.2. The minimum absolute atomic E-state index is 0.317. The fraction of sp³-hybridized carbons (Fsp3) is 0.700. The number of aromatic nitrogens is 3. The SMILES string of the molecule is CCCOc1nc(NN)nc(N(C)C2CC2)n1. The van der Waals surface area contributed by atoms with E-state index in [1.165, 1.54) is 12.8 Å². The number of nitrogens with one attached hydrogen (secondary N) is 1. The van der Waals surface area contributed by atoms with Gasteiger partial charge in [0.15, 0.2) is 0 Å². The fourth-order valence-electron chi connectivity index (χ4n) is 1.45. The molecule has 0 bridgehead atoms. The van der Waals surface area contributed by atoms with Crippen molar-refractivity contribution < 1.29 is 4.74 Å². The molecule has 94 valence electrons. The zero-order chi connectivity index (χ0) is 12.3. The van der Waals surface area contributed by atoms with Crippen LogP contribution in [0.5, 0.6) is 6.01 Å². The number of hydrazine groups is 1. The zero-order valence-electron chi connectivity index (χ0n) is 10.2. The summed E-state index contributed by atoms with van der Waals surface area (Å²) >= 11 is 0. The number of nitrogens with two attached hydrogens (primary N) is 1. The molecule has 7 heteroatoms. The van der Waals surface area contributed by atoms with Gasteiger partial charge in [0.25, 0.3) is 0 Å². The maximum Gasteiger partial charge on any atom is 0.323 e. The number of anilines is 2. The Labute approximate surface area is 100 Å². The number of hydrogen-bond donors (Lipinski definition) is 2. The van der Waals surface area contributed by atoms with E-state index < -0.39 is 0 Å². The summed E-state index contributed by atoms with van der Waals surface area (Å²) in [6, 6.07) is 0.847. The van der Waals surface area contributed by atoms with Crippen molar-refractivity contribution in [3.63, 3.8) is 0 Å². The van der Waals surface area contributed by atoms with Crippen molar-refractivity contribution in [1.29, 1.82) is 0 Å². The van der Waals surface area contributed by atoms with Crippen LogP contribution in [0.3, 0.4) is 0 Å². The Morgan fingerprint density at radius 1 is 1.41 bits per heavy atom. The minimum Gasteiger partial charge on any atom is -0.463 e. The molecule has 1 fully saturated rings. The monoisotopic (exact) mass is 238 g/mol. The van der Waals surface area contributed by atoms with Crippen LogP contribution in [-0.4, -0.2) is 34.6 Å². The van der Waals surface area contributed by atoms with Crippen LogP contribution in [-0.2, 0) is 0 Å². The van der Waals surface area contributed by atoms with Crippen LogP contribution in [0, 0.1) is 0 Å². The van der Waals surface area contributed by atoms with Gasteiger partial charge in [-0.3, -0.25) is 5.43 Å². The largest absolute Gasteiger partial charge is 0.463 e. The molecule has 1 heterocycles. The van der Waals surface area contributed by atoms with Crippen molar-refractivity contribution in [3.8, 4) is 6.01 Å². The highest BCUT2D eigenvalue weighted by molar-refractivity contribution is 5.39. The first-order valence-corrected chi connectivity index (χ1v) is 5.83. The summed E-state index contributed by atoms with van der Waals surface area (Å²) in [6.45, 7) is 2.61. The van der Waals surface area contributed by atoms with Crippen molar-refractivity contribution >= 4 is 11.9 Å². The van der Waals surface area contributed by atoms with Crippen LogP contribution in [0.2, 0.25) is 0 Å². The third-order valence-electron chi connectivity index (χ3n) is 2.58. The van der Waals surface area contributed by atoms with Gasteiger partial charge in [0, 0.05) is 13.1 Å². The molecular weight excluding hydrogens is 220 g/mol. The van der Waals surface area contributed by atoms with Gasteiger partial charge in [-0.2, -0.15) is 15.0 Å². The van der Waals surface area contributed by atoms with Crippen LogP contribution in [0.15, 0.2) is 0 Å². The maximum atomic E-state index is 5.40. The van der Waals surface area contributed by atoms with Crippen LogP contribution in [0.25, 0.3) is 0 Å². The Morgan fingerprint density at radius 3 is 2.76 bits per heavy atom. The average Bonchev–Trinajstić information content (AvgIpc) is 3.19. The number of rotatable bonds is 6. The highest BCUT2D eigenvalue weighted by atomic mass is 16.5. The normalized spacial score (nSPS) is 14.5. The smallest absolute Gasteiger partial charge is 0.323 e. The third kappa shape index (κ3) is 2.94. The van der Waals surface area contributed by atoms with Gasteiger partial charge < -0.3 is 9.64 Å². The Bertz CT molecular complexity index is 381. The average molecular weight is 238 g/mol. The lowest BCUT2D eigenvalue weighted by atomic mass is 10.5. The third-order valence-corrected chi connectivity index (χ3v) is 2.58. The summed E-state index contributed by atoms with van der Waals surface area (Å²) in [5.74, 6) is 6.26. The highest BCUT2D eigenvalue weighted by Gasteiger charge is 2.28. The van der Waals surface area contributed by atoms with Crippen LogP contribution < -0.4 is 20.9 Å². The Morgan fingerprint density at radius 2 is 2.18 bits per heavy atom. The molecule has 0 aliphatic heterocycles. The molecule has 1 saturated carbocycles. The van der Waals surface area contributed by atoms with Crippen molar-refractivity contribution in [2.75, 3.05) is 24.0 Å². The van der Waals surface area contributed by atoms with Crippen molar-refractivity contribution in [2.24, 2.45) is 5.84 Å². The fourth-order valence-corrected chi connectivity index (χ4v) is 1.45. The van der Waals surface area contributed by atoms with E-state index in [0.29, 0.717) is 30.6 Å². The molecule has 0 aromatic carbocycles. The summed E-state index contributed by atoms with van der Waals surface area (Å²) in [6.07, 6.45) is 3.27. The number of nitrogens with zero attached hydrogens (tertiary/aromatic N) is 4. The predicted molar refractivity (Wildman–Crippen MR) is 64.8 cm³/mol. The molecule has 1 aliphatic carbocycles. The topological polar surface area (TPSA) is 89.2 Å². The molecule has 3 N–H and O–H groups in total. The molecule has 1 aromatic heterocycles. The van der Waals surface area contributed by atoms with Gasteiger partial charge in [0.05, 0.1) is 6.61 Å². The second-order valence-corrected chi connectivity index (χ2v) is 4.08. The van der Waals surface area contributed by atoms with E-state index in [1.807, 2.05) is 18.9 Å². The molecular formula is C10H18N6O. The molecule has 0 spiro atoms. The van der Waals surface area contributed by atoms with Crippen LogP contribution >= 0.6 is 0 Å². The van der Waals surface area contributed by atoms with E-state index in [-0.39, 0.29) is 0 Å². The first kappa shape index (κ1) is 11.8. The predicted octanol–water partition coefficient (Wildman–Crippen LogP) is 0.545. The Kier molecular flexibility index (Phi) is 3.58. The molecule has 0 radical (unpaired) electrons. The number of nitrogen functional groups attached to an aromatic ring is 1. The van der Waals surface area contributed by atoms with Crippen LogP contribution in [0.1, 0.15) is 26.2 Å². The number of ether oxygens (including phenoxy) is 1. The van der Waals surface area contributed by atoms with Gasteiger partial charge in [-0.25, -0.2) is 5.84 Å². The van der Waals surface area contributed by atoms with Crippen LogP contribution in [0.4, 0.5) is 11.9 Å². The molecule has 0 atom stereocenters. The van der Waals surface area contributed by atoms with E-state index in [0.717, 1.165) is 6.42 Å². The second kappa shape index (κ2) is 5.13. The molecule has 0 unspecified atom stereocenters.